The summed E-state index contributed by atoms with van der Waals surface area (Å²) < 4.78 is 5.46. The molecule has 0 unspecified atom stereocenters. The van der Waals surface area contributed by atoms with Gasteiger partial charge in [0.2, 0.25) is 0 Å². The van der Waals surface area contributed by atoms with Crippen molar-refractivity contribution in [3.8, 4) is 0 Å². The molecule has 4 rings (SSSR count). The van der Waals surface area contributed by atoms with E-state index in [9.17, 15) is 4.79 Å². The fourth-order valence-corrected chi connectivity index (χ4v) is 7.61. The van der Waals surface area contributed by atoms with Gasteiger partial charge in [-0.2, -0.15) is 0 Å². The Morgan fingerprint density at radius 2 is 1.09 bits per heavy atom. The fraction of sp³-hybridized carbons (Fsp3) is 0.897. The van der Waals surface area contributed by atoms with Crippen LogP contribution in [0.3, 0.4) is 0 Å². The van der Waals surface area contributed by atoms with Crippen LogP contribution in [0.4, 0.5) is 0 Å². The van der Waals surface area contributed by atoms with Crippen molar-refractivity contribution in [2.75, 3.05) is 0 Å². The molecule has 0 atom stereocenters. The van der Waals surface area contributed by atoms with Crippen molar-refractivity contribution in [3.63, 3.8) is 0 Å². The molecular weight excluding hydrogens is 394 g/mol. The summed E-state index contributed by atoms with van der Waals surface area (Å²) in [5, 5.41) is 0. The highest BCUT2D eigenvalue weighted by molar-refractivity contribution is 5.81. The molecule has 182 valence electrons. The maximum atomic E-state index is 11.4. The van der Waals surface area contributed by atoms with Crippen LogP contribution in [0.5, 0.6) is 0 Å². The summed E-state index contributed by atoms with van der Waals surface area (Å²) in [5.74, 6) is 1.57. The van der Waals surface area contributed by atoms with E-state index in [0.717, 1.165) is 42.8 Å². The van der Waals surface area contributed by atoms with Gasteiger partial charge < -0.3 is 4.74 Å². The number of carbonyl (C=O) groups excluding carboxylic acids is 1. The van der Waals surface area contributed by atoms with E-state index in [1.54, 1.807) is 0 Å². The second-order valence-electron chi connectivity index (χ2n) is 11.6. The van der Waals surface area contributed by atoms with E-state index in [0.29, 0.717) is 0 Å². The largest absolute Gasteiger partial charge is 0.459 e. The molecule has 0 N–H and O–H groups in total. The zero-order valence-electron chi connectivity index (χ0n) is 20.7. The molecule has 0 aromatic heterocycles. The summed E-state index contributed by atoms with van der Waals surface area (Å²) in [4.78, 5) is 14.5. The SMILES string of the molecule is C=CC(=O)OC1CCC(CCC2CCC(N(C3CCCCC3)C3CCCCC3)CC2)CC1. The highest BCUT2D eigenvalue weighted by Crippen LogP contribution is 2.39. The van der Waals surface area contributed by atoms with Crippen LogP contribution in [0, 0.1) is 11.8 Å². The summed E-state index contributed by atoms with van der Waals surface area (Å²) in [7, 11) is 0. The zero-order valence-corrected chi connectivity index (χ0v) is 20.7. The van der Waals surface area contributed by atoms with E-state index in [-0.39, 0.29) is 12.1 Å². The molecule has 0 aromatic rings. The Balaban J connectivity index is 1.20. The van der Waals surface area contributed by atoms with E-state index in [4.69, 9.17) is 4.74 Å². The van der Waals surface area contributed by atoms with E-state index in [1.165, 1.54) is 122 Å². The van der Waals surface area contributed by atoms with Gasteiger partial charge in [-0.25, -0.2) is 4.79 Å². The van der Waals surface area contributed by atoms with Gasteiger partial charge in [0.05, 0.1) is 0 Å². The second-order valence-corrected chi connectivity index (χ2v) is 11.6. The Hall–Kier alpha value is -0.830. The number of hydrogen-bond donors (Lipinski definition) is 0. The third-order valence-corrected chi connectivity index (χ3v) is 9.46. The van der Waals surface area contributed by atoms with Crippen molar-refractivity contribution >= 4 is 5.97 Å². The maximum Gasteiger partial charge on any atom is 0.330 e. The molecule has 3 nitrogen and oxygen atoms in total. The van der Waals surface area contributed by atoms with Crippen molar-refractivity contribution in [3.05, 3.63) is 12.7 Å². The molecule has 0 radical (unpaired) electrons. The Kier molecular flexibility index (Phi) is 9.55. The summed E-state index contributed by atoms with van der Waals surface area (Å²) >= 11 is 0. The highest BCUT2D eigenvalue weighted by Gasteiger charge is 2.36. The standard InChI is InChI=1S/C29H49NO2/c1-2-29(31)32-28-21-17-24(18-22-28)14-13-23-15-19-27(20-16-23)30(25-9-5-3-6-10-25)26-11-7-4-8-12-26/h2,23-28H,1,3-22H2. The minimum Gasteiger partial charge on any atom is -0.459 e. The molecule has 4 saturated carbocycles. The number of nitrogens with zero attached hydrogens (tertiary/aromatic N) is 1. The van der Waals surface area contributed by atoms with E-state index >= 15 is 0 Å². The Bertz CT molecular complexity index is 544. The summed E-state index contributed by atoms with van der Waals surface area (Å²) in [6.45, 7) is 3.51. The van der Waals surface area contributed by atoms with Gasteiger partial charge in [0.25, 0.3) is 0 Å². The van der Waals surface area contributed by atoms with Gasteiger partial charge in [0.15, 0.2) is 0 Å². The first kappa shape index (κ1) is 24.3. The van der Waals surface area contributed by atoms with Crippen LogP contribution in [0.2, 0.25) is 0 Å². The first-order valence-electron chi connectivity index (χ1n) is 14.3. The summed E-state index contributed by atoms with van der Waals surface area (Å²) in [6.07, 6.45) is 29.4. The average Bonchev–Trinajstić information content (AvgIpc) is 2.86. The summed E-state index contributed by atoms with van der Waals surface area (Å²) in [5.41, 5.74) is 0. The number of hydrogen-bond acceptors (Lipinski definition) is 3. The van der Waals surface area contributed by atoms with Gasteiger partial charge in [-0.05, 0) is 88.9 Å². The van der Waals surface area contributed by atoms with Crippen LogP contribution in [0.15, 0.2) is 12.7 Å². The monoisotopic (exact) mass is 443 g/mol. The van der Waals surface area contributed by atoms with Crippen molar-refractivity contribution < 1.29 is 9.53 Å². The zero-order chi connectivity index (χ0) is 22.2. The first-order valence-corrected chi connectivity index (χ1v) is 14.3. The number of esters is 1. The van der Waals surface area contributed by atoms with Crippen LogP contribution in [-0.4, -0.2) is 35.1 Å². The Labute approximate surface area is 197 Å². The minimum atomic E-state index is -0.249. The first-order chi connectivity index (χ1) is 15.7. The van der Waals surface area contributed by atoms with Gasteiger partial charge >= 0.3 is 5.97 Å². The highest BCUT2D eigenvalue weighted by atomic mass is 16.5. The topological polar surface area (TPSA) is 29.5 Å². The van der Waals surface area contributed by atoms with Crippen LogP contribution >= 0.6 is 0 Å². The van der Waals surface area contributed by atoms with Gasteiger partial charge in [0, 0.05) is 24.2 Å². The smallest absolute Gasteiger partial charge is 0.330 e. The van der Waals surface area contributed by atoms with Crippen LogP contribution in [0.25, 0.3) is 0 Å². The van der Waals surface area contributed by atoms with Crippen LogP contribution in [-0.2, 0) is 9.53 Å². The van der Waals surface area contributed by atoms with Crippen molar-refractivity contribution in [2.24, 2.45) is 11.8 Å². The summed E-state index contributed by atoms with van der Waals surface area (Å²) in [6, 6.07) is 2.69. The molecule has 0 spiro atoms. The molecular formula is C29H49NO2. The number of rotatable bonds is 8. The molecule has 0 aliphatic heterocycles. The lowest BCUT2D eigenvalue weighted by Gasteiger charge is -2.48. The lowest BCUT2D eigenvalue weighted by molar-refractivity contribution is -0.144. The van der Waals surface area contributed by atoms with Gasteiger partial charge in [-0.1, -0.05) is 57.9 Å². The molecule has 0 amide bonds. The van der Waals surface area contributed by atoms with Gasteiger partial charge in [-0.3, -0.25) is 4.90 Å². The van der Waals surface area contributed by atoms with Gasteiger partial charge in [-0.15, -0.1) is 0 Å². The predicted octanol–water partition coefficient (Wildman–Crippen LogP) is 7.58. The second kappa shape index (κ2) is 12.6. The number of carbonyl (C=O) groups is 1. The number of ether oxygens (including phenoxy) is 1. The molecule has 4 fully saturated rings. The molecule has 4 aliphatic rings. The van der Waals surface area contributed by atoms with E-state index in [2.05, 4.69) is 11.5 Å². The Morgan fingerprint density at radius 3 is 1.56 bits per heavy atom. The minimum absolute atomic E-state index is 0.137. The third-order valence-electron chi connectivity index (χ3n) is 9.46. The van der Waals surface area contributed by atoms with Gasteiger partial charge in [0.1, 0.15) is 6.10 Å². The molecule has 4 aliphatic carbocycles. The van der Waals surface area contributed by atoms with E-state index < -0.39 is 0 Å². The van der Waals surface area contributed by atoms with Crippen molar-refractivity contribution in [1.82, 2.24) is 4.90 Å². The maximum absolute atomic E-state index is 11.4. The predicted molar refractivity (Wildman–Crippen MR) is 133 cm³/mol. The van der Waals surface area contributed by atoms with E-state index in [1.807, 2.05) is 0 Å². The van der Waals surface area contributed by atoms with Crippen LogP contribution in [0.1, 0.15) is 128 Å². The lowest BCUT2D eigenvalue weighted by Crippen LogP contribution is -2.52. The van der Waals surface area contributed by atoms with Crippen molar-refractivity contribution in [2.45, 2.75) is 153 Å². The molecule has 0 aromatic carbocycles. The Morgan fingerprint density at radius 1 is 0.656 bits per heavy atom. The average molecular weight is 444 g/mol. The molecule has 32 heavy (non-hydrogen) atoms. The normalized spacial score (nSPS) is 33.2. The van der Waals surface area contributed by atoms with Crippen LogP contribution < -0.4 is 0 Å². The molecule has 0 saturated heterocycles. The lowest BCUT2D eigenvalue weighted by atomic mass is 9.77. The molecule has 3 heteroatoms. The molecule has 0 bridgehead atoms. The quantitative estimate of drug-likeness (QED) is 0.286. The van der Waals surface area contributed by atoms with Crippen molar-refractivity contribution in [1.29, 1.82) is 0 Å². The third kappa shape index (κ3) is 6.84. The molecule has 0 heterocycles. The fourth-order valence-electron chi connectivity index (χ4n) is 7.61.